The molecule has 3 rings (SSSR count). The van der Waals surface area contributed by atoms with Gasteiger partial charge in [0.05, 0.1) is 5.41 Å². The molecule has 80 valence electrons. The number of hydrogen-bond acceptors (Lipinski definition) is 2. The summed E-state index contributed by atoms with van der Waals surface area (Å²) in [6.45, 7) is 5.93. The van der Waals surface area contributed by atoms with E-state index in [-0.39, 0.29) is 5.41 Å². The first-order valence-electron chi connectivity index (χ1n) is 5.45. The van der Waals surface area contributed by atoms with Crippen LogP contribution in [0.5, 0.6) is 0 Å². The molecule has 0 aromatic carbocycles. The molecule has 1 spiro atoms. The van der Waals surface area contributed by atoms with E-state index in [1.54, 1.807) is 0 Å². The highest BCUT2D eigenvalue weighted by Gasteiger charge is 2.53. The average Bonchev–Trinajstić information content (AvgIpc) is 2.53. The van der Waals surface area contributed by atoms with Crippen molar-refractivity contribution in [2.24, 2.45) is 5.41 Å². The van der Waals surface area contributed by atoms with Crippen molar-refractivity contribution in [3.8, 4) is 0 Å². The van der Waals surface area contributed by atoms with E-state index in [9.17, 15) is 4.79 Å². The lowest BCUT2D eigenvalue weighted by Crippen LogP contribution is -2.57. The third-order valence-corrected chi connectivity index (χ3v) is 3.87. The lowest BCUT2D eigenvalue weighted by atomic mass is 9.76. The highest BCUT2D eigenvalue weighted by Crippen LogP contribution is 2.45. The normalized spacial score (nSPS) is 23.3. The second-order valence-electron chi connectivity index (χ2n) is 5.19. The third-order valence-electron chi connectivity index (χ3n) is 3.87. The molecule has 0 saturated carbocycles. The van der Waals surface area contributed by atoms with Gasteiger partial charge in [-0.2, -0.15) is 0 Å². The average molecular weight is 204 g/mol. The minimum atomic E-state index is -0.0654. The predicted molar refractivity (Wildman–Crippen MR) is 58.2 cm³/mol. The number of nitrogens with zero attached hydrogens (tertiary/aromatic N) is 1. The number of nitrogens with one attached hydrogen (secondary N) is 1. The fraction of sp³-hybridized carbons (Fsp3) is 0.583. The Kier molecular flexibility index (Phi) is 1.54. The van der Waals surface area contributed by atoms with E-state index < -0.39 is 0 Å². The van der Waals surface area contributed by atoms with E-state index in [0.717, 1.165) is 30.8 Å². The molecular weight excluding hydrogens is 188 g/mol. The fourth-order valence-corrected chi connectivity index (χ4v) is 3.29. The van der Waals surface area contributed by atoms with E-state index in [4.69, 9.17) is 0 Å². The van der Waals surface area contributed by atoms with Crippen molar-refractivity contribution >= 4 is 5.78 Å². The van der Waals surface area contributed by atoms with Crippen LogP contribution in [-0.4, -0.2) is 35.8 Å². The minimum absolute atomic E-state index is 0.0654. The molecule has 1 aliphatic heterocycles. The van der Waals surface area contributed by atoms with Crippen LogP contribution in [-0.2, 0) is 6.42 Å². The maximum Gasteiger partial charge on any atom is 0.173 e. The van der Waals surface area contributed by atoms with Gasteiger partial charge >= 0.3 is 0 Å². The summed E-state index contributed by atoms with van der Waals surface area (Å²) in [6.07, 6.45) is 0.946. The molecule has 1 aromatic rings. The number of aromatic nitrogens is 1. The van der Waals surface area contributed by atoms with Gasteiger partial charge in [0.25, 0.3) is 0 Å². The zero-order chi connectivity index (χ0) is 10.8. The van der Waals surface area contributed by atoms with Gasteiger partial charge in [0.1, 0.15) is 0 Å². The lowest BCUT2D eigenvalue weighted by molar-refractivity contribution is 0.0279. The van der Waals surface area contributed by atoms with Gasteiger partial charge in [0.15, 0.2) is 5.78 Å². The number of H-pyrrole nitrogens is 1. The molecule has 1 N–H and O–H groups in total. The molecule has 0 unspecified atom stereocenters. The molecular formula is C12H16N2O. The van der Waals surface area contributed by atoms with Crippen LogP contribution in [0.2, 0.25) is 0 Å². The molecule has 0 bridgehead atoms. The van der Waals surface area contributed by atoms with Crippen molar-refractivity contribution in [2.45, 2.75) is 20.3 Å². The van der Waals surface area contributed by atoms with E-state index in [1.165, 1.54) is 11.3 Å². The van der Waals surface area contributed by atoms with Crippen LogP contribution in [0, 0.1) is 19.3 Å². The molecule has 2 aliphatic rings. The van der Waals surface area contributed by atoms with Crippen molar-refractivity contribution < 1.29 is 4.79 Å². The Morgan fingerprint density at radius 1 is 1.27 bits per heavy atom. The Morgan fingerprint density at radius 2 is 1.93 bits per heavy atom. The van der Waals surface area contributed by atoms with Crippen molar-refractivity contribution in [1.82, 2.24) is 9.88 Å². The SMILES string of the molecule is Cc1[nH]c(C)c2c1CC1(CN(C)C1)C2=O. The Labute approximate surface area is 89.5 Å². The van der Waals surface area contributed by atoms with E-state index in [1.807, 2.05) is 6.92 Å². The molecule has 0 amide bonds. The number of carbonyl (C=O) groups is 1. The summed E-state index contributed by atoms with van der Waals surface area (Å²) in [7, 11) is 2.08. The van der Waals surface area contributed by atoms with E-state index >= 15 is 0 Å². The summed E-state index contributed by atoms with van der Waals surface area (Å²) in [5.41, 5.74) is 4.43. The number of ketones is 1. The van der Waals surface area contributed by atoms with Gasteiger partial charge in [0.2, 0.25) is 0 Å². The van der Waals surface area contributed by atoms with Crippen molar-refractivity contribution in [3.63, 3.8) is 0 Å². The van der Waals surface area contributed by atoms with Gasteiger partial charge < -0.3 is 9.88 Å². The topological polar surface area (TPSA) is 36.1 Å². The van der Waals surface area contributed by atoms with Gasteiger partial charge in [-0.1, -0.05) is 0 Å². The zero-order valence-corrected chi connectivity index (χ0v) is 9.48. The van der Waals surface area contributed by atoms with Gasteiger partial charge in [0, 0.05) is 30.0 Å². The van der Waals surface area contributed by atoms with Crippen LogP contribution in [0.1, 0.15) is 27.3 Å². The quantitative estimate of drug-likeness (QED) is 0.691. The third kappa shape index (κ3) is 0.965. The lowest BCUT2D eigenvalue weighted by Gasteiger charge is -2.44. The molecule has 0 atom stereocenters. The standard InChI is InChI=1S/C12H16N2O/c1-7-9-4-12(5-14(3)6-12)11(15)10(9)8(2)13-7/h13H,4-6H2,1-3H3. The van der Waals surface area contributed by atoms with Gasteiger partial charge in [-0.25, -0.2) is 0 Å². The van der Waals surface area contributed by atoms with E-state index in [0.29, 0.717) is 5.78 Å². The number of rotatable bonds is 0. The molecule has 3 nitrogen and oxygen atoms in total. The summed E-state index contributed by atoms with van der Waals surface area (Å²) in [4.78, 5) is 17.8. The number of hydrogen-bond donors (Lipinski definition) is 1. The molecule has 15 heavy (non-hydrogen) atoms. The Balaban J connectivity index is 2.07. The first-order valence-corrected chi connectivity index (χ1v) is 5.45. The molecule has 2 heterocycles. The van der Waals surface area contributed by atoms with Crippen LogP contribution in [0.4, 0.5) is 0 Å². The summed E-state index contributed by atoms with van der Waals surface area (Å²) in [6, 6.07) is 0. The number of aryl methyl sites for hydroxylation is 2. The van der Waals surface area contributed by atoms with Gasteiger partial charge in [-0.05, 0) is 32.9 Å². The number of carbonyl (C=O) groups excluding carboxylic acids is 1. The van der Waals surface area contributed by atoms with E-state index in [2.05, 4.69) is 23.9 Å². The van der Waals surface area contributed by atoms with Crippen LogP contribution >= 0.6 is 0 Å². The summed E-state index contributed by atoms with van der Waals surface area (Å²) < 4.78 is 0. The molecule has 1 aliphatic carbocycles. The molecule has 1 fully saturated rings. The molecule has 1 aromatic heterocycles. The van der Waals surface area contributed by atoms with Crippen molar-refractivity contribution in [2.75, 3.05) is 20.1 Å². The van der Waals surface area contributed by atoms with Crippen molar-refractivity contribution in [3.05, 3.63) is 22.5 Å². The molecule has 3 heteroatoms. The first-order chi connectivity index (χ1) is 7.03. The predicted octanol–water partition coefficient (Wildman–Crippen LogP) is 1.30. The molecule has 1 saturated heterocycles. The van der Waals surface area contributed by atoms with Gasteiger partial charge in [-0.15, -0.1) is 0 Å². The maximum atomic E-state index is 12.3. The minimum Gasteiger partial charge on any atom is -0.362 e. The Bertz CT molecular complexity index is 452. The number of fused-ring (bicyclic) bond motifs is 1. The summed E-state index contributed by atoms with van der Waals surface area (Å²) in [5.74, 6) is 0.373. The maximum absolute atomic E-state index is 12.3. The Hall–Kier alpha value is -1.09. The van der Waals surface area contributed by atoms with Crippen molar-refractivity contribution in [1.29, 1.82) is 0 Å². The summed E-state index contributed by atoms with van der Waals surface area (Å²) in [5, 5.41) is 0. The second kappa shape index (κ2) is 2.53. The van der Waals surface area contributed by atoms with Crippen LogP contribution < -0.4 is 0 Å². The second-order valence-corrected chi connectivity index (χ2v) is 5.19. The fourth-order valence-electron chi connectivity index (χ4n) is 3.29. The zero-order valence-electron chi connectivity index (χ0n) is 9.48. The van der Waals surface area contributed by atoms with Crippen LogP contribution in [0.3, 0.4) is 0 Å². The Morgan fingerprint density at radius 3 is 2.47 bits per heavy atom. The number of likely N-dealkylation sites (tertiary alicyclic amines) is 1. The molecule has 0 radical (unpaired) electrons. The van der Waals surface area contributed by atoms with Crippen LogP contribution in [0.15, 0.2) is 0 Å². The van der Waals surface area contributed by atoms with Gasteiger partial charge in [-0.3, -0.25) is 4.79 Å². The summed E-state index contributed by atoms with van der Waals surface area (Å²) >= 11 is 0. The highest BCUT2D eigenvalue weighted by molar-refractivity contribution is 6.07. The number of Topliss-reactive ketones (excluding diaryl/α,β-unsaturated/α-hetero) is 1. The number of aromatic amines is 1. The van der Waals surface area contributed by atoms with Crippen LogP contribution in [0.25, 0.3) is 0 Å². The smallest absolute Gasteiger partial charge is 0.173 e. The monoisotopic (exact) mass is 204 g/mol. The largest absolute Gasteiger partial charge is 0.362 e. The highest BCUT2D eigenvalue weighted by atomic mass is 16.1. The first kappa shape index (κ1) is 9.16.